The van der Waals surface area contributed by atoms with Crippen LogP contribution in [0.2, 0.25) is 0 Å². The predicted molar refractivity (Wildman–Crippen MR) is 61.9 cm³/mol. The molecule has 0 heterocycles. The summed E-state index contributed by atoms with van der Waals surface area (Å²) in [5, 5.41) is 2.96. The van der Waals surface area contributed by atoms with Crippen LogP contribution in [0.3, 0.4) is 0 Å². The Kier molecular flexibility index (Phi) is 3.43. The van der Waals surface area contributed by atoms with E-state index >= 15 is 0 Å². The summed E-state index contributed by atoms with van der Waals surface area (Å²) >= 11 is 0. The fourth-order valence-electron chi connectivity index (χ4n) is 1.92. The third-order valence-corrected chi connectivity index (χ3v) is 3.04. The molecule has 1 amide bonds. The van der Waals surface area contributed by atoms with Gasteiger partial charge in [-0.15, -0.1) is 0 Å². The quantitative estimate of drug-likeness (QED) is 0.850. The average Bonchev–Trinajstić information content (AvgIpc) is 3.07. The Morgan fingerprint density at radius 1 is 1.53 bits per heavy atom. The summed E-state index contributed by atoms with van der Waals surface area (Å²) < 4.78 is 18.0. The molecule has 4 heteroatoms. The number of hydrogen-bond acceptors (Lipinski definition) is 2. The molecule has 0 saturated heterocycles. The Labute approximate surface area is 100.0 Å². The molecule has 0 bridgehead atoms. The molecule has 1 aromatic rings. The minimum Gasteiger partial charge on any atom is -0.384 e. The van der Waals surface area contributed by atoms with Crippen molar-refractivity contribution in [3.63, 3.8) is 0 Å². The molecule has 1 fully saturated rings. The van der Waals surface area contributed by atoms with Crippen molar-refractivity contribution < 1.29 is 13.9 Å². The normalized spacial score (nSPS) is 16.6. The average molecular weight is 237 g/mol. The van der Waals surface area contributed by atoms with Crippen LogP contribution >= 0.6 is 0 Å². The molecule has 2 rings (SSSR count). The first-order valence-corrected chi connectivity index (χ1v) is 5.72. The zero-order valence-electron chi connectivity index (χ0n) is 9.83. The summed E-state index contributed by atoms with van der Waals surface area (Å²) in [4.78, 5) is 11.6. The minimum absolute atomic E-state index is 0.0476. The molecule has 1 aliphatic rings. The molecule has 0 spiro atoms. The van der Waals surface area contributed by atoms with Crippen molar-refractivity contribution in [1.29, 1.82) is 0 Å². The van der Waals surface area contributed by atoms with Crippen LogP contribution < -0.4 is 5.32 Å². The molecule has 0 aromatic heterocycles. The Bertz CT molecular complexity index is 416. The molecule has 0 atom stereocenters. The molecule has 0 unspecified atom stereocenters. The van der Waals surface area contributed by atoms with Crippen molar-refractivity contribution >= 4 is 5.91 Å². The van der Waals surface area contributed by atoms with Gasteiger partial charge in [0.1, 0.15) is 5.82 Å². The van der Waals surface area contributed by atoms with Crippen molar-refractivity contribution in [1.82, 2.24) is 5.32 Å². The minimum atomic E-state index is -0.340. The number of halogens is 1. The number of hydrogen-bond donors (Lipinski definition) is 1. The van der Waals surface area contributed by atoms with Crippen LogP contribution in [0.25, 0.3) is 0 Å². The number of rotatable bonds is 5. The van der Waals surface area contributed by atoms with Gasteiger partial charge in [-0.1, -0.05) is 12.1 Å². The number of benzene rings is 1. The van der Waals surface area contributed by atoms with Crippen molar-refractivity contribution in [2.45, 2.75) is 24.8 Å². The summed E-state index contributed by atoms with van der Waals surface area (Å²) in [6.07, 6.45) is 2.08. The molecular weight excluding hydrogens is 221 g/mol. The van der Waals surface area contributed by atoms with Crippen molar-refractivity contribution in [2.24, 2.45) is 0 Å². The lowest BCUT2D eigenvalue weighted by Crippen LogP contribution is -2.35. The first-order valence-electron chi connectivity index (χ1n) is 5.72. The van der Waals surface area contributed by atoms with Gasteiger partial charge in [-0.3, -0.25) is 4.79 Å². The van der Waals surface area contributed by atoms with E-state index in [0.29, 0.717) is 13.0 Å². The molecule has 1 aromatic carbocycles. The van der Waals surface area contributed by atoms with Gasteiger partial charge in [0.05, 0.1) is 12.1 Å². The number of ether oxygens (including phenoxy) is 1. The highest BCUT2D eigenvalue weighted by Crippen LogP contribution is 2.45. The zero-order chi connectivity index (χ0) is 12.3. The van der Waals surface area contributed by atoms with E-state index < -0.39 is 0 Å². The molecule has 0 aliphatic heterocycles. The SMILES string of the molecule is COCCC(=O)NC1(c2cccc(F)c2)CC1. The van der Waals surface area contributed by atoms with Gasteiger partial charge < -0.3 is 10.1 Å². The van der Waals surface area contributed by atoms with Crippen molar-refractivity contribution in [3.05, 3.63) is 35.6 Å². The third-order valence-electron chi connectivity index (χ3n) is 3.04. The molecular formula is C13H16FNO2. The molecule has 1 aliphatic carbocycles. The van der Waals surface area contributed by atoms with Crippen LogP contribution in [0.1, 0.15) is 24.8 Å². The summed E-state index contributed by atoms with van der Waals surface area (Å²) in [6, 6.07) is 6.43. The summed E-state index contributed by atoms with van der Waals surface area (Å²) in [7, 11) is 1.56. The number of methoxy groups -OCH3 is 1. The fraction of sp³-hybridized carbons (Fsp3) is 0.462. The summed E-state index contributed by atoms with van der Waals surface area (Å²) in [6.45, 7) is 0.408. The first-order chi connectivity index (χ1) is 8.16. The van der Waals surface area contributed by atoms with E-state index in [9.17, 15) is 9.18 Å². The molecule has 1 N–H and O–H groups in total. The Balaban J connectivity index is 2.02. The number of amides is 1. The van der Waals surface area contributed by atoms with Gasteiger partial charge in [0.2, 0.25) is 5.91 Å². The topological polar surface area (TPSA) is 38.3 Å². The van der Waals surface area contributed by atoms with Crippen LogP contribution in [0.15, 0.2) is 24.3 Å². The number of carbonyl (C=O) groups excluding carboxylic acids is 1. The maximum Gasteiger partial charge on any atom is 0.223 e. The molecule has 0 radical (unpaired) electrons. The lowest BCUT2D eigenvalue weighted by molar-refractivity contribution is -0.123. The standard InChI is InChI=1S/C13H16FNO2/c1-17-8-5-12(16)15-13(6-7-13)10-3-2-4-11(14)9-10/h2-4,9H,5-8H2,1H3,(H,15,16). The third kappa shape index (κ3) is 2.82. The van der Waals surface area contributed by atoms with Crippen LogP contribution in [-0.2, 0) is 15.1 Å². The zero-order valence-corrected chi connectivity index (χ0v) is 9.83. The van der Waals surface area contributed by atoms with Gasteiger partial charge in [-0.25, -0.2) is 4.39 Å². The highest BCUT2D eigenvalue weighted by molar-refractivity contribution is 5.77. The maximum atomic E-state index is 13.1. The highest BCUT2D eigenvalue weighted by Gasteiger charge is 2.45. The lowest BCUT2D eigenvalue weighted by Gasteiger charge is -2.18. The Hall–Kier alpha value is -1.42. The largest absolute Gasteiger partial charge is 0.384 e. The van der Waals surface area contributed by atoms with Gasteiger partial charge in [0.25, 0.3) is 0 Å². The van der Waals surface area contributed by atoms with Gasteiger partial charge >= 0.3 is 0 Å². The van der Waals surface area contributed by atoms with E-state index in [4.69, 9.17) is 4.74 Å². The van der Waals surface area contributed by atoms with Gasteiger partial charge in [-0.2, -0.15) is 0 Å². The van der Waals surface area contributed by atoms with E-state index in [1.807, 2.05) is 6.07 Å². The van der Waals surface area contributed by atoms with Crippen LogP contribution in [0.4, 0.5) is 4.39 Å². The maximum absolute atomic E-state index is 13.1. The van der Waals surface area contributed by atoms with Gasteiger partial charge in [0, 0.05) is 13.5 Å². The summed E-state index contributed by atoms with van der Waals surface area (Å²) in [5.74, 6) is -0.312. The van der Waals surface area contributed by atoms with Crippen LogP contribution in [0, 0.1) is 5.82 Å². The van der Waals surface area contributed by atoms with Gasteiger partial charge in [-0.05, 0) is 30.5 Å². The lowest BCUT2D eigenvalue weighted by atomic mass is 10.0. The molecule has 3 nitrogen and oxygen atoms in total. The number of carbonyl (C=O) groups is 1. The van der Waals surface area contributed by atoms with Crippen LogP contribution in [0.5, 0.6) is 0 Å². The highest BCUT2D eigenvalue weighted by atomic mass is 19.1. The van der Waals surface area contributed by atoms with E-state index in [-0.39, 0.29) is 17.3 Å². The Morgan fingerprint density at radius 2 is 2.29 bits per heavy atom. The smallest absolute Gasteiger partial charge is 0.223 e. The van der Waals surface area contributed by atoms with E-state index in [1.54, 1.807) is 13.2 Å². The van der Waals surface area contributed by atoms with Crippen molar-refractivity contribution in [2.75, 3.05) is 13.7 Å². The van der Waals surface area contributed by atoms with Gasteiger partial charge in [0.15, 0.2) is 0 Å². The number of nitrogens with one attached hydrogen (secondary N) is 1. The second kappa shape index (κ2) is 4.84. The summed E-state index contributed by atoms with van der Waals surface area (Å²) in [5.41, 5.74) is 0.510. The second-order valence-corrected chi connectivity index (χ2v) is 4.38. The molecule has 1 saturated carbocycles. The predicted octanol–water partition coefficient (Wildman–Crippen LogP) is 1.97. The second-order valence-electron chi connectivity index (χ2n) is 4.38. The van der Waals surface area contributed by atoms with E-state index in [1.165, 1.54) is 12.1 Å². The molecule has 92 valence electrons. The van der Waals surface area contributed by atoms with Crippen LogP contribution in [-0.4, -0.2) is 19.6 Å². The van der Waals surface area contributed by atoms with E-state index in [0.717, 1.165) is 18.4 Å². The monoisotopic (exact) mass is 237 g/mol. The fourth-order valence-corrected chi connectivity index (χ4v) is 1.92. The van der Waals surface area contributed by atoms with E-state index in [2.05, 4.69) is 5.32 Å². The Morgan fingerprint density at radius 3 is 2.88 bits per heavy atom. The molecule has 17 heavy (non-hydrogen) atoms. The van der Waals surface area contributed by atoms with Crippen molar-refractivity contribution in [3.8, 4) is 0 Å². The first kappa shape index (κ1) is 12.0.